The van der Waals surface area contributed by atoms with Crippen LogP contribution in [0.5, 0.6) is 11.5 Å². The highest BCUT2D eigenvalue weighted by molar-refractivity contribution is 7.65. The van der Waals surface area contributed by atoms with E-state index in [0.717, 1.165) is 5.56 Å². The second-order valence-electron chi connectivity index (χ2n) is 5.30. The fourth-order valence-electron chi connectivity index (χ4n) is 2.60. The molecule has 5 nitrogen and oxygen atoms in total. The molecule has 0 heterocycles. The van der Waals surface area contributed by atoms with E-state index >= 15 is 0 Å². The lowest BCUT2D eigenvalue weighted by Crippen LogP contribution is -2.00. The molecule has 0 aromatic heterocycles. The molecule has 2 rings (SSSR count). The highest BCUT2D eigenvalue weighted by Crippen LogP contribution is 2.61. The Balaban J connectivity index is 2.73. The lowest BCUT2D eigenvalue weighted by atomic mass is 10.1. The molecular formula is C20H25O5P. The molecule has 0 fully saturated rings. The molecule has 0 aliphatic carbocycles. The largest absolute Gasteiger partial charge is 0.496 e. The van der Waals surface area contributed by atoms with Crippen molar-refractivity contribution in [2.45, 2.75) is 13.8 Å². The van der Waals surface area contributed by atoms with E-state index in [0.29, 0.717) is 22.4 Å². The Hall–Kier alpha value is -2.07. The number of ether oxygens (including phenoxy) is 2. The van der Waals surface area contributed by atoms with Gasteiger partial charge in [0.05, 0.1) is 38.3 Å². The molecule has 6 heteroatoms. The van der Waals surface area contributed by atoms with Gasteiger partial charge in [0.2, 0.25) is 0 Å². The summed E-state index contributed by atoms with van der Waals surface area (Å²) in [6.07, 6.45) is 1.76. The Morgan fingerprint density at radius 2 is 1.42 bits per heavy atom. The SMILES string of the molecule is CCOP(=O)(OCC)/C(=C/c1c(OC)cccc1OC)c1ccccc1. The summed E-state index contributed by atoms with van der Waals surface area (Å²) in [5.41, 5.74) is 1.43. The zero-order valence-electron chi connectivity index (χ0n) is 15.6. The molecule has 0 saturated heterocycles. The summed E-state index contributed by atoms with van der Waals surface area (Å²) in [5.74, 6) is 1.22. The Kier molecular flexibility index (Phi) is 7.46. The average molecular weight is 376 g/mol. The molecule has 2 aromatic carbocycles. The van der Waals surface area contributed by atoms with Crippen LogP contribution in [-0.4, -0.2) is 27.4 Å². The molecule has 0 atom stereocenters. The average Bonchev–Trinajstić information content (AvgIpc) is 2.66. The van der Waals surface area contributed by atoms with Crippen LogP contribution < -0.4 is 9.47 Å². The third-order valence-electron chi connectivity index (χ3n) is 3.71. The zero-order chi connectivity index (χ0) is 19.0. The van der Waals surface area contributed by atoms with Crippen LogP contribution in [0, 0.1) is 0 Å². The minimum Gasteiger partial charge on any atom is -0.496 e. The van der Waals surface area contributed by atoms with Gasteiger partial charge in [0.25, 0.3) is 0 Å². The van der Waals surface area contributed by atoms with Crippen LogP contribution in [0.1, 0.15) is 25.0 Å². The van der Waals surface area contributed by atoms with Crippen molar-refractivity contribution in [1.82, 2.24) is 0 Å². The molecule has 0 amide bonds. The van der Waals surface area contributed by atoms with Crippen LogP contribution in [0.4, 0.5) is 0 Å². The van der Waals surface area contributed by atoms with Crippen LogP contribution in [-0.2, 0) is 13.6 Å². The fraction of sp³-hybridized carbons (Fsp3) is 0.300. The quantitative estimate of drug-likeness (QED) is 0.429. The summed E-state index contributed by atoms with van der Waals surface area (Å²) in [6, 6.07) is 14.9. The Labute approximate surface area is 155 Å². The van der Waals surface area contributed by atoms with Crippen LogP contribution in [0.3, 0.4) is 0 Å². The number of methoxy groups -OCH3 is 2. The highest BCUT2D eigenvalue weighted by Gasteiger charge is 2.31. The maximum absolute atomic E-state index is 13.5. The van der Waals surface area contributed by atoms with Crippen molar-refractivity contribution in [3.05, 3.63) is 59.7 Å². The molecule has 0 unspecified atom stereocenters. The standard InChI is InChI=1S/C20H25O5P/c1-5-24-26(21,25-6-2)20(16-11-8-7-9-12-16)15-17-18(22-3)13-10-14-19(17)23-4/h7-15H,5-6H2,1-4H3/b20-15+. The van der Waals surface area contributed by atoms with Crippen molar-refractivity contribution in [1.29, 1.82) is 0 Å². The molecule has 0 saturated carbocycles. The third-order valence-corrected chi connectivity index (χ3v) is 5.88. The third kappa shape index (κ3) is 4.55. The first-order valence-corrected chi connectivity index (χ1v) is 10.0. The number of rotatable bonds is 9. The fourth-order valence-corrected chi connectivity index (χ4v) is 4.39. The minimum absolute atomic E-state index is 0.268. The number of benzene rings is 2. The van der Waals surface area contributed by atoms with Gasteiger partial charge in [0.15, 0.2) is 0 Å². The van der Waals surface area contributed by atoms with Gasteiger partial charge in [-0.3, -0.25) is 4.57 Å². The highest BCUT2D eigenvalue weighted by atomic mass is 31.2. The van der Waals surface area contributed by atoms with Crippen molar-refractivity contribution in [3.8, 4) is 11.5 Å². The summed E-state index contributed by atoms with van der Waals surface area (Å²) in [7, 11) is -0.363. The van der Waals surface area contributed by atoms with Crippen molar-refractivity contribution >= 4 is 19.0 Å². The van der Waals surface area contributed by atoms with Gasteiger partial charge >= 0.3 is 7.60 Å². The Morgan fingerprint density at radius 1 is 0.885 bits per heavy atom. The topological polar surface area (TPSA) is 54.0 Å². The summed E-state index contributed by atoms with van der Waals surface area (Å²) < 4.78 is 35.6. The van der Waals surface area contributed by atoms with E-state index in [1.54, 1.807) is 34.1 Å². The molecule has 0 spiro atoms. The number of hydrogen-bond donors (Lipinski definition) is 0. The molecule has 0 bridgehead atoms. The summed E-state index contributed by atoms with van der Waals surface area (Å²) in [5, 5.41) is 0.463. The molecule has 140 valence electrons. The molecule has 0 aliphatic heterocycles. The number of hydrogen-bond acceptors (Lipinski definition) is 5. The molecule has 2 aromatic rings. The first-order chi connectivity index (χ1) is 12.6. The maximum atomic E-state index is 13.5. The van der Waals surface area contributed by atoms with Crippen molar-refractivity contribution < 1.29 is 23.1 Å². The molecule has 0 aliphatic rings. The van der Waals surface area contributed by atoms with E-state index in [-0.39, 0.29) is 13.2 Å². The molecule has 0 N–H and O–H groups in total. The Morgan fingerprint density at radius 3 is 1.88 bits per heavy atom. The van der Waals surface area contributed by atoms with E-state index < -0.39 is 7.60 Å². The first-order valence-electron chi connectivity index (χ1n) is 8.47. The van der Waals surface area contributed by atoms with Crippen molar-refractivity contribution in [2.24, 2.45) is 0 Å². The van der Waals surface area contributed by atoms with Crippen LogP contribution in [0.25, 0.3) is 11.4 Å². The molecular weight excluding hydrogens is 351 g/mol. The monoisotopic (exact) mass is 376 g/mol. The predicted molar refractivity (Wildman–Crippen MR) is 105 cm³/mol. The smallest absolute Gasteiger partial charge is 0.361 e. The Bertz CT molecular complexity index is 754. The molecule has 0 radical (unpaired) electrons. The van der Waals surface area contributed by atoms with E-state index in [9.17, 15) is 4.57 Å². The van der Waals surface area contributed by atoms with Gasteiger partial charge in [0, 0.05) is 0 Å². The van der Waals surface area contributed by atoms with Gasteiger partial charge in [-0.05, 0) is 37.6 Å². The lowest BCUT2D eigenvalue weighted by molar-refractivity contribution is 0.231. The van der Waals surface area contributed by atoms with Gasteiger partial charge in [0.1, 0.15) is 11.5 Å². The maximum Gasteiger partial charge on any atom is 0.361 e. The van der Waals surface area contributed by atoms with E-state index in [2.05, 4.69) is 0 Å². The summed E-state index contributed by atoms with van der Waals surface area (Å²) in [4.78, 5) is 0. The van der Waals surface area contributed by atoms with Crippen LogP contribution in [0.15, 0.2) is 48.5 Å². The summed E-state index contributed by atoms with van der Waals surface area (Å²) >= 11 is 0. The van der Waals surface area contributed by atoms with Gasteiger partial charge in [-0.1, -0.05) is 36.4 Å². The normalized spacial score (nSPS) is 12.1. The predicted octanol–water partition coefficient (Wildman–Crippen LogP) is 5.47. The lowest BCUT2D eigenvalue weighted by Gasteiger charge is -2.21. The van der Waals surface area contributed by atoms with Crippen LogP contribution >= 0.6 is 7.60 Å². The van der Waals surface area contributed by atoms with Gasteiger partial charge in [-0.25, -0.2) is 0 Å². The second kappa shape index (κ2) is 9.58. The van der Waals surface area contributed by atoms with E-state index in [4.69, 9.17) is 18.5 Å². The van der Waals surface area contributed by atoms with Gasteiger partial charge in [-0.15, -0.1) is 0 Å². The van der Waals surface area contributed by atoms with Gasteiger partial charge in [-0.2, -0.15) is 0 Å². The zero-order valence-corrected chi connectivity index (χ0v) is 16.5. The van der Waals surface area contributed by atoms with Crippen molar-refractivity contribution in [3.63, 3.8) is 0 Å². The van der Waals surface area contributed by atoms with Crippen LogP contribution in [0.2, 0.25) is 0 Å². The van der Waals surface area contributed by atoms with Crippen molar-refractivity contribution in [2.75, 3.05) is 27.4 Å². The minimum atomic E-state index is -3.53. The molecule has 26 heavy (non-hydrogen) atoms. The van der Waals surface area contributed by atoms with Gasteiger partial charge < -0.3 is 18.5 Å². The first kappa shape index (κ1) is 20.2. The van der Waals surface area contributed by atoms with E-state index in [1.165, 1.54) is 0 Å². The second-order valence-corrected chi connectivity index (χ2v) is 7.30. The van der Waals surface area contributed by atoms with E-state index in [1.807, 2.05) is 48.5 Å². The summed E-state index contributed by atoms with van der Waals surface area (Å²) in [6.45, 7) is 4.12.